The first-order valence-electron chi connectivity index (χ1n) is 8.90. The van der Waals surface area contributed by atoms with Crippen LogP contribution in [0.3, 0.4) is 0 Å². The van der Waals surface area contributed by atoms with E-state index in [0.717, 1.165) is 12.8 Å². The molecule has 29 heavy (non-hydrogen) atoms. The van der Waals surface area contributed by atoms with Gasteiger partial charge in [-0.2, -0.15) is 0 Å². The number of nitro groups is 1. The highest BCUT2D eigenvalue weighted by Gasteiger charge is 2.21. The van der Waals surface area contributed by atoms with Gasteiger partial charge in [-0.3, -0.25) is 19.7 Å². The first-order chi connectivity index (χ1) is 13.6. The third-order valence-corrected chi connectivity index (χ3v) is 4.59. The van der Waals surface area contributed by atoms with Crippen molar-refractivity contribution < 1.29 is 19.6 Å². The highest BCUT2D eigenvalue weighted by Crippen LogP contribution is 2.38. The average Bonchev–Trinajstić information content (AvgIpc) is 3.06. The molecule has 10 heteroatoms. The molecule has 0 aliphatic rings. The fourth-order valence-electron chi connectivity index (χ4n) is 2.45. The van der Waals surface area contributed by atoms with E-state index in [2.05, 4.69) is 4.98 Å². The van der Waals surface area contributed by atoms with Crippen LogP contribution in [0.5, 0.6) is 0 Å². The van der Waals surface area contributed by atoms with Crippen molar-refractivity contribution >= 4 is 40.6 Å². The van der Waals surface area contributed by atoms with Crippen LogP contribution in [0.1, 0.15) is 39.0 Å². The van der Waals surface area contributed by atoms with E-state index in [4.69, 9.17) is 34.0 Å². The number of nitro benzene ring substituents is 1. The van der Waals surface area contributed by atoms with Gasteiger partial charge in [0.25, 0.3) is 5.69 Å². The molecule has 0 amide bonds. The number of halogens is 2. The van der Waals surface area contributed by atoms with Gasteiger partial charge in [-0.1, -0.05) is 35.7 Å². The first-order valence-corrected chi connectivity index (χ1v) is 9.66. The van der Waals surface area contributed by atoms with E-state index in [1.54, 1.807) is 31.5 Å². The second-order valence-corrected chi connectivity index (χ2v) is 7.13. The normalized spacial score (nSPS) is 11.3. The maximum Gasteiger partial charge on any atom is 0.303 e. The van der Waals surface area contributed by atoms with E-state index in [1.165, 1.54) is 6.07 Å². The highest BCUT2D eigenvalue weighted by molar-refractivity contribution is 6.35. The molecule has 1 aromatic heterocycles. The monoisotopic (exact) mass is 443 g/mol. The Balaban J connectivity index is 0.000000298. The number of nitrogens with zero attached hydrogens (tertiary/aromatic N) is 1. The summed E-state index contributed by atoms with van der Waals surface area (Å²) in [7, 11) is 0. The summed E-state index contributed by atoms with van der Waals surface area (Å²) in [5.74, 6) is -0.728. The number of aromatic amines is 1. The quantitative estimate of drug-likeness (QED) is 0.287. The van der Waals surface area contributed by atoms with Crippen molar-refractivity contribution in [3.8, 4) is 11.1 Å². The molecule has 0 aliphatic heterocycles. The second-order valence-electron chi connectivity index (χ2n) is 6.32. The Morgan fingerprint density at radius 3 is 2.31 bits per heavy atom. The Bertz CT molecular complexity index is 852. The molecule has 8 nitrogen and oxygen atoms in total. The van der Waals surface area contributed by atoms with E-state index >= 15 is 0 Å². The van der Waals surface area contributed by atoms with Gasteiger partial charge in [0.15, 0.2) is 0 Å². The molecule has 0 saturated heterocycles. The third-order valence-electron chi connectivity index (χ3n) is 3.98. The molecule has 1 aromatic carbocycles. The summed E-state index contributed by atoms with van der Waals surface area (Å²) >= 11 is 11.7. The number of para-hydroxylation sites is 1. The number of carbonyl (C=O) groups is 2. The largest absolute Gasteiger partial charge is 0.481 e. The standard InChI is InChI=1S/C10H6Cl2N2O2.C9H17NO3/c11-8-3-1-2-6(10(8)14(15)16)7-4-13-5-9(7)12;1-7(10)8(11)5-3-2-4-6-9(12)13/h1-5,13H;7H,2-6,10H2,1H3,(H,12,13). The molecule has 1 unspecified atom stereocenters. The number of unbranched alkanes of at least 4 members (excludes halogenated alkanes) is 2. The summed E-state index contributed by atoms with van der Waals surface area (Å²) < 4.78 is 0. The summed E-state index contributed by atoms with van der Waals surface area (Å²) in [5.41, 5.74) is 6.19. The smallest absolute Gasteiger partial charge is 0.303 e. The molecule has 0 aliphatic carbocycles. The minimum absolute atomic E-state index is 0.0512. The van der Waals surface area contributed by atoms with Gasteiger partial charge in [0, 0.05) is 30.8 Å². The number of aromatic nitrogens is 1. The van der Waals surface area contributed by atoms with Crippen LogP contribution in [-0.2, 0) is 9.59 Å². The van der Waals surface area contributed by atoms with Crippen molar-refractivity contribution in [2.75, 3.05) is 0 Å². The van der Waals surface area contributed by atoms with Crippen LogP contribution in [0, 0.1) is 10.1 Å². The summed E-state index contributed by atoms with van der Waals surface area (Å²) in [6, 6.07) is 4.34. The number of ketones is 1. The molecule has 4 N–H and O–H groups in total. The minimum atomic E-state index is -0.779. The molecule has 0 radical (unpaired) electrons. The predicted octanol–water partition coefficient (Wildman–Crippen LogP) is 4.83. The van der Waals surface area contributed by atoms with Gasteiger partial charge >= 0.3 is 5.97 Å². The number of carboxylic acid groups (broad SMARTS) is 1. The number of nitrogens with one attached hydrogen (secondary N) is 1. The maximum absolute atomic E-state index is 11.0. The lowest BCUT2D eigenvalue weighted by Gasteiger charge is -2.02. The Morgan fingerprint density at radius 1 is 1.14 bits per heavy atom. The number of rotatable bonds is 9. The molecule has 2 rings (SSSR count). The summed E-state index contributed by atoms with van der Waals surface area (Å²) in [6.07, 6.45) is 5.98. The molecule has 0 spiro atoms. The SMILES string of the molecule is CC(N)C(=O)CCCCCC(=O)O.O=[N+]([O-])c1c(Cl)cccc1-c1c[nH]cc1Cl. The van der Waals surface area contributed by atoms with E-state index in [0.29, 0.717) is 29.0 Å². The molecular formula is C19H23Cl2N3O5. The van der Waals surface area contributed by atoms with Crippen molar-refractivity contribution in [2.45, 2.75) is 45.1 Å². The van der Waals surface area contributed by atoms with Gasteiger partial charge in [0.2, 0.25) is 0 Å². The Labute approximate surface area is 178 Å². The molecule has 2 aromatic rings. The zero-order chi connectivity index (χ0) is 22.0. The number of nitrogens with two attached hydrogens (primary N) is 1. The lowest BCUT2D eigenvalue weighted by Crippen LogP contribution is -2.26. The number of H-pyrrole nitrogens is 1. The fourth-order valence-corrected chi connectivity index (χ4v) is 2.91. The van der Waals surface area contributed by atoms with Crippen LogP contribution in [-0.4, -0.2) is 32.8 Å². The van der Waals surface area contributed by atoms with Crippen molar-refractivity contribution in [3.05, 3.63) is 50.8 Å². The Kier molecular flexibility index (Phi) is 10.4. The molecule has 158 valence electrons. The zero-order valence-corrected chi connectivity index (χ0v) is 17.4. The van der Waals surface area contributed by atoms with Crippen LogP contribution >= 0.6 is 23.2 Å². The van der Waals surface area contributed by atoms with Crippen molar-refractivity contribution in [1.82, 2.24) is 4.98 Å². The van der Waals surface area contributed by atoms with Gasteiger partial charge in [0.05, 0.1) is 21.6 Å². The minimum Gasteiger partial charge on any atom is -0.481 e. The molecular weight excluding hydrogens is 421 g/mol. The van der Waals surface area contributed by atoms with Crippen LogP contribution in [0.4, 0.5) is 5.69 Å². The number of hydrogen-bond acceptors (Lipinski definition) is 5. The Hall–Kier alpha value is -2.42. The number of benzene rings is 1. The zero-order valence-electron chi connectivity index (χ0n) is 15.9. The first kappa shape index (κ1) is 24.6. The fraction of sp³-hybridized carbons (Fsp3) is 0.368. The van der Waals surface area contributed by atoms with E-state index in [1.807, 2.05) is 0 Å². The van der Waals surface area contributed by atoms with E-state index in [-0.39, 0.29) is 29.0 Å². The van der Waals surface area contributed by atoms with Gasteiger partial charge < -0.3 is 15.8 Å². The molecule has 1 atom stereocenters. The van der Waals surface area contributed by atoms with Gasteiger partial charge in [-0.25, -0.2) is 0 Å². The lowest BCUT2D eigenvalue weighted by atomic mass is 10.1. The molecule has 0 fully saturated rings. The van der Waals surface area contributed by atoms with Crippen molar-refractivity contribution in [2.24, 2.45) is 5.73 Å². The van der Waals surface area contributed by atoms with Gasteiger partial charge in [0.1, 0.15) is 10.8 Å². The summed E-state index contributed by atoms with van der Waals surface area (Å²) in [6.45, 7) is 1.67. The number of carbonyl (C=O) groups excluding carboxylic acids is 1. The lowest BCUT2D eigenvalue weighted by molar-refractivity contribution is -0.384. The van der Waals surface area contributed by atoms with Gasteiger partial charge in [-0.05, 0) is 31.9 Å². The Morgan fingerprint density at radius 2 is 1.79 bits per heavy atom. The van der Waals surface area contributed by atoms with Crippen LogP contribution in [0.2, 0.25) is 10.0 Å². The van der Waals surface area contributed by atoms with Crippen LogP contribution in [0.15, 0.2) is 30.6 Å². The topological polar surface area (TPSA) is 139 Å². The van der Waals surface area contributed by atoms with Gasteiger partial charge in [-0.15, -0.1) is 0 Å². The number of hydrogen-bond donors (Lipinski definition) is 3. The molecule has 1 heterocycles. The molecule has 0 saturated carbocycles. The second kappa shape index (κ2) is 12.2. The van der Waals surface area contributed by atoms with E-state index < -0.39 is 10.9 Å². The average molecular weight is 444 g/mol. The van der Waals surface area contributed by atoms with Crippen LogP contribution in [0.25, 0.3) is 11.1 Å². The predicted molar refractivity (Wildman–Crippen MR) is 112 cm³/mol. The van der Waals surface area contributed by atoms with E-state index in [9.17, 15) is 19.7 Å². The summed E-state index contributed by atoms with van der Waals surface area (Å²) in [5, 5.41) is 19.8. The third kappa shape index (κ3) is 8.23. The maximum atomic E-state index is 11.0. The van der Waals surface area contributed by atoms with Crippen molar-refractivity contribution in [3.63, 3.8) is 0 Å². The highest BCUT2D eigenvalue weighted by atomic mass is 35.5. The van der Waals surface area contributed by atoms with Crippen molar-refractivity contribution in [1.29, 1.82) is 0 Å². The van der Waals surface area contributed by atoms with Crippen LogP contribution < -0.4 is 5.73 Å². The molecule has 0 bridgehead atoms. The number of carboxylic acids is 1. The number of Topliss-reactive ketones (excluding diaryl/α,β-unsaturated/α-hetero) is 1. The number of aliphatic carboxylic acids is 1. The summed E-state index contributed by atoms with van der Waals surface area (Å²) in [4.78, 5) is 34.3.